The molecule has 2 aromatic rings. The summed E-state index contributed by atoms with van der Waals surface area (Å²) in [4.78, 5) is 13.2. The van der Waals surface area contributed by atoms with Crippen LogP contribution in [0.5, 0.6) is 0 Å². The number of hydrogen-bond donors (Lipinski definition) is 2. The number of halogens is 1. The standard InChI is InChI=1S/C24H26ClNO3/c1-6-14-7-8-16(15-9-10-19(25)17(11-15)13-26)12-18(14)20-21(27)23(2,3)29-24(4,5)22(20)28/h7-13,26-27H,6H2,1-5H3. The quantitative estimate of drug-likeness (QED) is 0.606. The average molecular weight is 412 g/mol. The summed E-state index contributed by atoms with van der Waals surface area (Å²) < 4.78 is 5.87. The van der Waals surface area contributed by atoms with Crippen molar-refractivity contribution in [2.45, 2.75) is 52.2 Å². The zero-order valence-corrected chi connectivity index (χ0v) is 18.1. The normalized spacial score (nSPS) is 18.1. The number of ether oxygens (including phenoxy) is 1. The average Bonchev–Trinajstić information content (AvgIpc) is 2.66. The molecule has 0 saturated heterocycles. The Kier molecular flexibility index (Phi) is 5.46. The summed E-state index contributed by atoms with van der Waals surface area (Å²) >= 11 is 6.14. The number of carbonyl (C=O) groups excluding carboxylic acids is 1. The molecule has 0 spiro atoms. The number of nitrogens with one attached hydrogen (secondary N) is 1. The van der Waals surface area contributed by atoms with E-state index in [0.717, 1.165) is 16.7 Å². The summed E-state index contributed by atoms with van der Waals surface area (Å²) in [6, 6.07) is 11.4. The van der Waals surface area contributed by atoms with E-state index in [2.05, 4.69) is 0 Å². The van der Waals surface area contributed by atoms with Gasteiger partial charge < -0.3 is 15.3 Å². The van der Waals surface area contributed by atoms with E-state index < -0.39 is 11.2 Å². The van der Waals surface area contributed by atoms with E-state index >= 15 is 0 Å². The van der Waals surface area contributed by atoms with Crippen molar-refractivity contribution in [3.8, 4) is 11.1 Å². The van der Waals surface area contributed by atoms with Crippen LogP contribution in [0.4, 0.5) is 0 Å². The lowest BCUT2D eigenvalue weighted by atomic mass is 9.80. The maximum absolute atomic E-state index is 13.2. The number of ketones is 1. The van der Waals surface area contributed by atoms with Crippen molar-refractivity contribution in [3.63, 3.8) is 0 Å². The molecule has 0 amide bonds. The van der Waals surface area contributed by atoms with Gasteiger partial charge in [-0.15, -0.1) is 0 Å². The van der Waals surface area contributed by atoms with Gasteiger partial charge in [-0.3, -0.25) is 4.79 Å². The van der Waals surface area contributed by atoms with Crippen molar-refractivity contribution in [1.82, 2.24) is 0 Å². The fourth-order valence-electron chi connectivity index (χ4n) is 3.82. The zero-order valence-electron chi connectivity index (χ0n) is 17.4. The van der Waals surface area contributed by atoms with E-state index in [-0.39, 0.29) is 11.5 Å². The summed E-state index contributed by atoms with van der Waals surface area (Å²) in [5.74, 6) is -0.289. The molecule has 0 atom stereocenters. The van der Waals surface area contributed by atoms with Crippen molar-refractivity contribution in [2.24, 2.45) is 0 Å². The van der Waals surface area contributed by atoms with E-state index in [1.54, 1.807) is 33.8 Å². The molecule has 0 saturated carbocycles. The van der Waals surface area contributed by atoms with Gasteiger partial charge >= 0.3 is 0 Å². The van der Waals surface area contributed by atoms with Gasteiger partial charge in [0.1, 0.15) is 17.0 Å². The minimum Gasteiger partial charge on any atom is -0.508 e. The fraction of sp³-hybridized carbons (Fsp3) is 0.333. The summed E-state index contributed by atoms with van der Waals surface area (Å²) in [6.07, 6.45) is 1.93. The van der Waals surface area contributed by atoms with Crippen LogP contribution in [0.2, 0.25) is 5.02 Å². The van der Waals surface area contributed by atoms with Crippen LogP contribution in [0.3, 0.4) is 0 Å². The summed E-state index contributed by atoms with van der Waals surface area (Å²) in [7, 11) is 0. The monoisotopic (exact) mass is 411 g/mol. The lowest BCUT2D eigenvalue weighted by molar-refractivity contribution is -0.158. The van der Waals surface area contributed by atoms with Crippen LogP contribution in [-0.2, 0) is 16.0 Å². The third kappa shape index (κ3) is 3.75. The van der Waals surface area contributed by atoms with Crippen LogP contribution in [0.15, 0.2) is 42.2 Å². The highest BCUT2D eigenvalue weighted by Gasteiger charge is 2.47. The van der Waals surface area contributed by atoms with Gasteiger partial charge in [0.15, 0.2) is 5.78 Å². The van der Waals surface area contributed by atoms with Crippen LogP contribution >= 0.6 is 11.6 Å². The van der Waals surface area contributed by atoms with Gasteiger partial charge in [0.2, 0.25) is 0 Å². The first-order valence-electron chi connectivity index (χ1n) is 9.64. The molecule has 0 aliphatic carbocycles. The minimum atomic E-state index is -1.04. The summed E-state index contributed by atoms with van der Waals surface area (Å²) in [5, 5.41) is 19.0. The van der Waals surface area contributed by atoms with Gasteiger partial charge in [-0.05, 0) is 74.6 Å². The molecule has 29 heavy (non-hydrogen) atoms. The molecule has 2 N–H and O–H groups in total. The van der Waals surface area contributed by atoms with Crippen molar-refractivity contribution >= 4 is 29.2 Å². The second-order valence-electron chi connectivity index (χ2n) is 8.28. The number of rotatable bonds is 4. The SMILES string of the molecule is CCc1ccc(-c2ccc(Cl)c(C=N)c2)cc1C1=C(O)C(C)(C)OC(C)(C)C1=O. The molecule has 0 fully saturated rings. The first-order valence-corrected chi connectivity index (χ1v) is 10.0. The first kappa shape index (κ1) is 21.3. The van der Waals surface area contributed by atoms with Crippen LogP contribution < -0.4 is 0 Å². The number of aryl methyl sites for hydroxylation is 1. The second-order valence-corrected chi connectivity index (χ2v) is 8.69. The largest absolute Gasteiger partial charge is 0.508 e. The smallest absolute Gasteiger partial charge is 0.198 e. The van der Waals surface area contributed by atoms with Gasteiger partial charge in [0.05, 0.1) is 5.57 Å². The molecular weight excluding hydrogens is 386 g/mol. The Morgan fingerprint density at radius 1 is 1.07 bits per heavy atom. The van der Waals surface area contributed by atoms with Gasteiger partial charge in [-0.2, -0.15) is 0 Å². The maximum Gasteiger partial charge on any atom is 0.198 e. The van der Waals surface area contributed by atoms with Gasteiger partial charge in [-0.25, -0.2) is 0 Å². The highest BCUT2D eigenvalue weighted by molar-refractivity contribution is 6.33. The number of carbonyl (C=O) groups is 1. The van der Waals surface area contributed by atoms with E-state index in [0.29, 0.717) is 28.1 Å². The topological polar surface area (TPSA) is 70.4 Å². The Morgan fingerprint density at radius 3 is 2.31 bits per heavy atom. The molecule has 0 radical (unpaired) electrons. The number of aliphatic hydroxyl groups is 1. The molecule has 1 heterocycles. The Morgan fingerprint density at radius 2 is 1.69 bits per heavy atom. The van der Waals surface area contributed by atoms with Crippen LogP contribution in [0.25, 0.3) is 16.7 Å². The second kappa shape index (κ2) is 7.43. The number of aliphatic hydroxyl groups excluding tert-OH is 1. The molecule has 3 rings (SSSR count). The van der Waals surface area contributed by atoms with Gasteiger partial charge in [0, 0.05) is 16.8 Å². The molecule has 5 heteroatoms. The molecule has 2 aromatic carbocycles. The molecule has 4 nitrogen and oxygen atoms in total. The van der Waals surface area contributed by atoms with Crippen molar-refractivity contribution < 1.29 is 14.6 Å². The predicted octanol–water partition coefficient (Wildman–Crippen LogP) is 5.99. The van der Waals surface area contributed by atoms with E-state index in [4.69, 9.17) is 21.7 Å². The Hall–Kier alpha value is -2.43. The Bertz CT molecular complexity index is 1030. The molecule has 1 aliphatic rings. The number of hydrogen-bond acceptors (Lipinski definition) is 4. The predicted molar refractivity (Wildman–Crippen MR) is 118 cm³/mol. The van der Waals surface area contributed by atoms with Crippen molar-refractivity contribution in [3.05, 3.63) is 63.9 Å². The van der Waals surface area contributed by atoms with E-state index in [9.17, 15) is 9.90 Å². The van der Waals surface area contributed by atoms with Crippen LogP contribution in [-0.4, -0.2) is 28.3 Å². The van der Waals surface area contributed by atoms with Crippen LogP contribution in [0.1, 0.15) is 51.3 Å². The lowest BCUT2D eigenvalue weighted by Crippen LogP contribution is -2.49. The molecule has 0 unspecified atom stereocenters. The van der Waals surface area contributed by atoms with E-state index in [1.165, 1.54) is 6.21 Å². The molecule has 1 aliphatic heterocycles. The van der Waals surface area contributed by atoms with Gasteiger partial charge in [-0.1, -0.05) is 36.7 Å². The Balaban J connectivity index is 2.25. The highest BCUT2D eigenvalue weighted by Crippen LogP contribution is 2.41. The molecule has 152 valence electrons. The fourth-order valence-corrected chi connectivity index (χ4v) is 4.00. The van der Waals surface area contributed by atoms with Crippen LogP contribution in [0, 0.1) is 5.41 Å². The molecule has 0 bridgehead atoms. The lowest BCUT2D eigenvalue weighted by Gasteiger charge is -2.40. The van der Waals surface area contributed by atoms with E-state index in [1.807, 2.05) is 37.3 Å². The van der Waals surface area contributed by atoms with Gasteiger partial charge in [0.25, 0.3) is 0 Å². The summed E-state index contributed by atoms with van der Waals surface area (Å²) in [6.45, 7) is 9.01. The third-order valence-corrected chi connectivity index (χ3v) is 5.68. The molecular formula is C24H26ClNO3. The Labute approximate surface area is 176 Å². The van der Waals surface area contributed by atoms with Crippen molar-refractivity contribution in [2.75, 3.05) is 0 Å². The highest BCUT2D eigenvalue weighted by atomic mass is 35.5. The summed E-state index contributed by atoms with van der Waals surface area (Å²) in [5.41, 5.74) is 2.37. The number of benzene rings is 2. The first-order chi connectivity index (χ1) is 13.5. The third-order valence-electron chi connectivity index (χ3n) is 5.34. The molecule has 0 aromatic heterocycles. The minimum absolute atomic E-state index is 0.0510. The maximum atomic E-state index is 13.2. The number of Topliss-reactive ketones (excluding diaryl/α,β-unsaturated/α-hetero) is 1. The zero-order chi connectivity index (χ0) is 21.6. The van der Waals surface area contributed by atoms with Crippen molar-refractivity contribution in [1.29, 1.82) is 5.41 Å².